The number of carbonyl (C=O) groups is 6. The molecule has 41 heavy (non-hydrogen) atoms. The summed E-state index contributed by atoms with van der Waals surface area (Å²) in [6, 6.07) is 8.93. The molecule has 0 aliphatic heterocycles. The highest BCUT2D eigenvalue weighted by Crippen LogP contribution is 2.31. The van der Waals surface area contributed by atoms with Crippen molar-refractivity contribution in [3.63, 3.8) is 0 Å². The van der Waals surface area contributed by atoms with Crippen molar-refractivity contribution in [3.8, 4) is 5.75 Å². The molecular formula is C29H26O12. The first kappa shape index (κ1) is 30.4. The summed E-state index contributed by atoms with van der Waals surface area (Å²) in [7, 11) is 0. The number of carboxylic acid groups (broad SMARTS) is 3. The van der Waals surface area contributed by atoms with Gasteiger partial charge in [-0.3, -0.25) is 19.2 Å². The Labute approximate surface area is 233 Å². The van der Waals surface area contributed by atoms with Crippen LogP contribution in [0.3, 0.4) is 0 Å². The van der Waals surface area contributed by atoms with Crippen molar-refractivity contribution in [2.75, 3.05) is 13.2 Å². The van der Waals surface area contributed by atoms with Gasteiger partial charge < -0.3 is 29.9 Å². The second-order valence-electron chi connectivity index (χ2n) is 9.55. The largest absolute Gasteiger partial charge is 0.490 e. The molecule has 0 unspecified atom stereocenters. The predicted molar refractivity (Wildman–Crippen MR) is 140 cm³/mol. The van der Waals surface area contributed by atoms with Crippen LogP contribution in [0.15, 0.2) is 66.8 Å². The number of esters is 1. The van der Waals surface area contributed by atoms with Crippen molar-refractivity contribution in [2.24, 2.45) is 11.3 Å². The predicted octanol–water partition coefficient (Wildman–Crippen LogP) is 2.65. The third kappa shape index (κ3) is 6.73. The topological polar surface area (TPSA) is 202 Å². The molecule has 12 heteroatoms. The molecule has 0 saturated carbocycles. The summed E-state index contributed by atoms with van der Waals surface area (Å²) in [5.41, 5.74) is -4.70. The molecule has 2 aromatic carbocycles. The van der Waals surface area contributed by atoms with Crippen molar-refractivity contribution in [1.82, 2.24) is 0 Å². The van der Waals surface area contributed by atoms with Crippen LogP contribution in [0.5, 0.6) is 5.75 Å². The Balaban J connectivity index is 1.63. The Morgan fingerprint density at radius 1 is 0.805 bits per heavy atom. The number of ether oxygens (including phenoxy) is 2. The normalized spacial score (nSPS) is 17.9. The molecule has 0 bridgehead atoms. The molecule has 0 aromatic heterocycles. The monoisotopic (exact) mass is 566 g/mol. The number of aliphatic hydroxyl groups is 1. The number of carbonyl (C=O) groups excluding carboxylic acids is 3. The Kier molecular flexibility index (Phi) is 8.88. The molecule has 3 rings (SSSR count). The first-order valence-electron chi connectivity index (χ1n) is 12.1. The number of rotatable bonds is 12. The minimum absolute atomic E-state index is 0.119. The number of Topliss-reactive ketones (excluding diaryl/α,β-unsaturated/α-hetero) is 2. The van der Waals surface area contributed by atoms with Crippen LogP contribution in [0.2, 0.25) is 0 Å². The lowest BCUT2D eigenvalue weighted by molar-refractivity contribution is -0.162. The van der Waals surface area contributed by atoms with Crippen molar-refractivity contribution in [3.05, 3.63) is 89.0 Å². The van der Waals surface area contributed by atoms with Crippen molar-refractivity contribution < 1.29 is 58.7 Å². The van der Waals surface area contributed by atoms with Gasteiger partial charge in [0.15, 0.2) is 11.6 Å². The third-order valence-corrected chi connectivity index (χ3v) is 6.15. The number of benzene rings is 2. The zero-order chi connectivity index (χ0) is 30.5. The summed E-state index contributed by atoms with van der Waals surface area (Å²) in [6.45, 7) is 2.26. The van der Waals surface area contributed by atoms with Gasteiger partial charge in [-0.1, -0.05) is 30.4 Å². The average Bonchev–Trinajstić information content (AvgIpc) is 2.93. The van der Waals surface area contributed by atoms with E-state index in [0.717, 1.165) is 42.5 Å². The fraction of sp³-hybridized carbons (Fsp3) is 0.241. The molecule has 214 valence electrons. The highest BCUT2D eigenvalue weighted by Gasteiger charge is 2.45. The molecule has 2 aromatic rings. The molecule has 0 amide bonds. The summed E-state index contributed by atoms with van der Waals surface area (Å²) >= 11 is 0. The summed E-state index contributed by atoms with van der Waals surface area (Å²) in [5.74, 6) is -7.56. The van der Waals surface area contributed by atoms with Gasteiger partial charge in [0.2, 0.25) is 5.41 Å². The Morgan fingerprint density at radius 2 is 1.37 bits per heavy atom. The van der Waals surface area contributed by atoms with Gasteiger partial charge in [0.25, 0.3) is 0 Å². The van der Waals surface area contributed by atoms with E-state index in [1.165, 1.54) is 38.1 Å². The fourth-order valence-corrected chi connectivity index (χ4v) is 3.89. The lowest BCUT2D eigenvalue weighted by Crippen LogP contribution is -2.39. The third-order valence-electron chi connectivity index (χ3n) is 6.15. The van der Waals surface area contributed by atoms with E-state index in [9.17, 15) is 44.1 Å². The van der Waals surface area contributed by atoms with E-state index in [0.29, 0.717) is 5.75 Å². The molecule has 0 radical (unpaired) electrons. The van der Waals surface area contributed by atoms with Crippen LogP contribution in [0.1, 0.15) is 55.3 Å². The van der Waals surface area contributed by atoms with Crippen LogP contribution in [-0.4, -0.2) is 74.7 Å². The second-order valence-corrected chi connectivity index (χ2v) is 9.55. The molecule has 0 atom stereocenters. The number of allylic oxidation sites excluding steroid dienone is 2. The van der Waals surface area contributed by atoms with E-state index >= 15 is 0 Å². The van der Waals surface area contributed by atoms with E-state index < -0.39 is 63.5 Å². The van der Waals surface area contributed by atoms with E-state index in [1.54, 1.807) is 0 Å². The summed E-state index contributed by atoms with van der Waals surface area (Å²) in [4.78, 5) is 72.4. The van der Waals surface area contributed by atoms with Gasteiger partial charge in [0.1, 0.15) is 24.6 Å². The maximum absolute atomic E-state index is 12.9. The van der Waals surface area contributed by atoms with Crippen molar-refractivity contribution in [1.29, 1.82) is 0 Å². The van der Waals surface area contributed by atoms with Crippen LogP contribution in [0, 0.1) is 11.3 Å². The Morgan fingerprint density at radius 3 is 1.88 bits per heavy atom. The molecule has 0 heterocycles. The molecule has 1 aliphatic rings. The lowest BCUT2D eigenvalue weighted by atomic mass is 9.79. The average molecular weight is 567 g/mol. The maximum Gasteiger partial charge on any atom is 0.336 e. The number of hydrogen-bond donors (Lipinski definition) is 4. The zero-order valence-electron chi connectivity index (χ0n) is 21.9. The van der Waals surface area contributed by atoms with Gasteiger partial charge in [-0.2, -0.15) is 0 Å². The lowest BCUT2D eigenvalue weighted by Gasteiger charge is -2.24. The maximum atomic E-state index is 12.9. The highest BCUT2D eigenvalue weighted by atomic mass is 16.6. The van der Waals surface area contributed by atoms with Crippen LogP contribution < -0.4 is 4.74 Å². The first-order chi connectivity index (χ1) is 19.2. The van der Waals surface area contributed by atoms with Gasteiger partial charge in [-0.15, -0.1) is 0 Å². The van der Waals surface area contributed by atoms with Crippen molar-refractivity contribution >= 4 is 35.4 Å². The Hall–Kier alpha value is -5.10. The Bertz CT molecular complexity index is 1440. The number of aromatic carboxylic acids is 2. The van der Waals surface area contributed by atoms with E-state index in [1.807, 2.05) is 0 Å². The molecule has 1 aliphatic carbocycles. The van der Waals surface area contributed by atoms with Crippen LogP contribution in [0.4, 0.5) is 0 Å². The van der Waals surface area contributed by atoms with Gasteiger partial charge in [0.05, 0.1) is 17.0 Å². The van der Waals surface area contributed by atoms with E-state index in [2.05, 4.69) is 0 Å². The second kappa shape index (κ2) is 12.0. The molecule has 12 nitrogen and oxygen atoms in total. The van der Waals surface area contributed by atoms with Crippen LogP contribution in [-0.2, 0) is 14.3 Å². The molecule has 0 fully saturated rings. The SMILES string of the molecule is CC(C)(O)C(=O)c1ccc(OCCOC(=O)C2(C(=O)O)C=CC(C(=O)c3ccc(C(=O)O)c(C(=O)O)c3)C=C2)cc1. The smallest absolute Gasteiger partial charge is 0.336 e. The van der Waals surface area contributed by atoms with Crippen molar-refractivity contribution in [2.45, 2.75) is 19.4 Å². The number of ketones is 2. The summed E-state index contributed by atoms with van der Waals surface area (Å²) in [6.07, 6.45) is 4.30. The van der Waals surface area contributed by atoms with E-state index in [-0.39, 0.29) is 24.3 Å². The first-order valence-corrected chi connectivity index (χ1v) is 12.1. The van der Waals surface area contributed by atoms with Gasteiger partial charge in [-0.25, -0.2) is 9.59 Å². The standard InChI is InChI=1S/C29H26O12/c1-28(2,39)23(31)17-3-6-19(7-4-17)40-13-14-41-27(38)29(26(36)37)11-9-16(10-12-29)22(30)18-5-8-20(24(32)33)21(15-18)25(34)35/h3-12,15-16,39H,13-14H2,1-2H3,(H,32,33)(H,34,35)(H,36,37). The van der Waals surface area contributed by atoms with Gasteiger partial charge in [-0.05, 0) is 50.2 Å². The molecule has 4 N–H and O–H groups in total. The quantitative estimate of drug-likeness (QED) is 0.0963. The fourth-order valence-electron chi connectivity index (χ4n) is 3.89. The minimum Gasteiger partial charge on any atom is -0.490 e. The van der Waals surface area contributed by atoms with E-state index in [4.69, 9.17) is 14.6 Å². The number of carboxylic acids is 3. The molecule has 0 spiro atoms. The summed E-state index contributed by atoms with van der Waals surface area (Å²) in [5, 5.41) is 38.0. The number of hydrogen-bond acceptors (Lipinski definition) is 9. The van der Waals surface area contributed by atoms with Crippen LogP contribution >= 0.6 is 0 Å². The molecule has 0 saturated heterocycles. The highest BCUT2D eigenvalue weighted by molar-refractivity contribution is 6.08. The number of aliphatic carboxylic acids is 1. The van der Waals surface area contributed by atoms with Gasteiger partial charge in [0, 0.05) is 11.1 Å². The van der Waals surface area contributed by atoms with Crippen LogP contribution in [0.25, 0.3) is 0 Å². The molecular weight excluding hydrogens is 540 g/mol. The minimum atomic E-state index is -2.23. The van der Waals surface area contributed by atoms with Gasteiger partial charge >= 0.3 is 23.9 Å². The zero-order valence-corrected chi connectivity index (χ0v) is 21.9. The summed E-state index contributed by atoms with van der Waals surface area (Å²) < 4.78 is 10.5.